The highest BCUT2D eigenvalue weighted by Crippen LogP contribution is 2.09. The molecule has 2 rings (SSSR count). The molecule has 2 heterocycles. The van der Waals surface area contributed by atoms with Crippen molar-refractivity contribution in [3.05, 3.63) is 41.5 Å². The number of hydrogen-bond donors (Lipinski definition) is 1. The predicted octanol–water partition coefficient (Wildman–Crippen LogP) is 0.204. The van der Waals surface area contributed by atoms with E-state index in [0.29, 0.717) is 25.2 Å². The van der Waals surface area contributed by atoms with Crippen molar-refractivity contribution in [2.75, 3.05) is 13.7 Å². The number of rotatable bonds is 6. The molecule has 0 amide bonds. The number of nitrogens with zero attached hydrogens (tertiary/aromatic N) is 4. The molecule has 0 radical (unpaired) electrons. The summed E-state index contributed by atoms with van der Waals surface area (Å²) in [7, 11) is 1.32. The van der Waals surface area contributed by atoms with Crippen LogP contribution in [0.2, 0.25) is 0 Å². The molecule has 0 aliphatic carbocycles. The number of methoxy groups -OCH3 is 1. The van der Waals surface area contributed by atoms with E-state index < -0.39 is 5.97 Å². The Kier molecular flexibility index (Phi) is 4.78. The van der Waals surface area contributed by atoms with E-state index in [1.165, 1.54) is 7.11 Å². The molecule has 0 spiro atoms. The molecule has 0 aliphatic heterocycles. The first-order valence-electron chi connectivity index (χ1n) is 6.36. The van der Waals surface area contributed by atoms with Gasteiger partial charge in [0.2, 0.25) is 0 Å². The van der Waals surface area contributed by atoms with Crippen molar-refractivity contribution in [3.63, 3.8) is 0 Å². The van der Waals surface area contributed by atoms with E-state index in [1.54, 1.807) is 17.1 Å². The fourth-order valence-corrected chi connectivity index (χ4v) is 1.94. The molecule has 0 aliphatic rings. The number of pyridine rings is 1. The Morgan fingerprint density at radius 2 is 2.10 bits per heavy atom. The zero-order valence-corrected chi connectivity index (χ0v) is 11.3. The highest BCUT2D eigenvalue weighted by atomic mass is 16.5. The minimum atomic E-state index is -0.483. The molecule has 106 valence electrons. The number of ether oxygens (including phenoxy) is 1. The topological polar surface area (TPSA) is 95.9 Å². The SMILES string of the molecule is COC(=O)c1nnn(CCc2ccncc2)c1CCN. The number of aromatic nitrogens is 4. The van der Waals surface area contributed by atoms with Gasteiger partial charge in [-0.25, -0.2) is 9.48 Å². The van der Waals surface area contributed by atoms with Gasteiger partial charge in [0.25, 0.3) is 0 Å². The Labute approximate surface area is 116 Å². The van der Waals surface area contributed by atoms with Gasteiger partial charge in [0.15, 0.2) is 5.69 Å². The first-order valence-corrected chi connectivity index (χ1v) is 6.36. The minimum absolute atomic E-state index is 0.243. The van der Waals surface area contributed by atoms with E-state index in [4.69, 9.17) is 10.5 Å². The molecule has 0 unspecified atom stereocenters. The summed E-state index contributed by atoms with van der Waals surface area (Å²) in [6.45, 7) is 1.05. The lowest BCUT2D eigenvalue weighted by Crippen LogP contribution is -2.15. The summed E-state index contributed by atoms with van der Waals surface area (Å²) in [6, 6.07) is 3.89. The van der Waals surface area contributed by atoms with Crippen LogP contribution in [-0.2, 0) is 24.1 Å². The summed E-state index contributed by atoms with van der Waals surface area (Å²) in [5, 5.41) is 7.90. The van der Waals surface area contributed by atoms with Crippen LogP contribution >= 0.6 is 0 Å². The van der Waals surface area contributed by atoms with Crippen LogP contribution in [0.4, 0.5) is 0 Å². The van der Waals surface area contributed by atoms with Crippen LogP contribution in [0.3, 0.4) is 0 Å². The zero-order chi connectivity index (χ0) is 14.4. The van der Waals surface area contributed by atoms with Crippen molar-refractivity contribution in [3.8, 4) is 0 Å². The molecule has 0 saturated carbocycles. The van der Waals surface area contributed by atoms with Crippen LogP contribution in [0.25, 0.3) is 0 Å². The van der Waals surface area contributed by atoms with Crippen molar-refractivity contribution in [2.45, 2.75) is 19.4 Å². The number of aryl methyl sites for hydroxylation is 2. The maximum Gasteiger partial charge on any atom is 0.360 e. The van der Waals surface area contributed by atoms with Gasteiger partial charge in [0.1, 0.15) is 0 Å². The summed E-state index contributed by atoms with van der Waals surface area (Å²) in [4.78, 5) is 15.6. The van der Waals surface area contributed by atoms with Crippen LogP contribution in [0.5, 0.6) is 0 Å². The number of hydrogen-bond acceptors (Lipinski definition) is 6. The second kappa shape index (κ2) is 6.76. The third-order valence-electron chi connectivity index (χ3n) is 2.96. The number of carbonyl (C=O) groups is 1. The Hall–Kier alpha value is -2.28. The Balaban J connectivity index is 2.15. The summed E-state index contributed by atoms with van der Waals surface area (Å²) in [5.41, 5.74) is 7.68. The van der Waals surface area contributed by atoms with Gasteiger partial charge >= 0.3 is 5.97 Å². The van der Waals surface area contributed by atoms with Crippen molar-refractivity contribution in [2.24, 2.45) is 5.73 Å². The maximum absolute atomic E-state index is 11.6. The zero-order valence-electron chi connectivity index (χ0n) is 11.3. The second-order valence-electron chi connectivity index (χ2n) is 4.24. The van der Waals surface area contributed by atoms with Crippen molar-refractivity contribution in [1.29, 1.82) is 0 Å². The van der Waals surface area contributed by atoms with Crippen LogP contribution in [0, 0.1) is 0 Å². The van der Waals surface area contributed by atoms with Crippen LogP contribution in [0.1, 0.15) is 21.7 Å². The summed E-state index contributed by atoms with van der Waals surface area (Å²) >= 11 is 0. The molecule has 0 atom stereocenters. The Bertz CT molecular complexity index is 567. The average Bonchev–Trinajstić information content (AvgIpc) is 2.89. The van der Waals surface area contributed by atoms with Crippen molar-refractivity contribution < 1.29 is 9.53 Å². The molecular formula is C13H17N5O2. The first-order chi connectivity index (χ1) is 9.76. The van der Waals surface area contributed by atoms with Gasteiger partial charge in [0.05, 0.1) is 12.8 Å². The number of carbonyl (C=O) groups excluding carboxylic acids is 1. The molecule has 0 saturated heterocycles. The van der Waals surface area contributed by atoms with Gasteiger partial charge in [-0.1, -0.05) is 5.21 Å². The Morgan fingerprint density at radius 3 is 2.75 bits per heavy atom. The standard InChI is InChI=1S/C13H17N5O2/c1-20-13(19)12-11(2-6-14)18(17-16-12)9-5-10-3-7-15-8-4-10/h3-4,7-8H,2,5-6,9,14H2,1H3. The molecule has 2 aromatic heterocycles. The molecule has 0 fully saturated rings. The lowest BCUT2D eigenvalue weighted by molar-refractivity contribution is 0.0592. The summed E-state index contributed by atoms with van der Waals surface area (Å²) < 4.78 is 6.40. The lowest BCUT2D eigenvalue weighted by atomic mass is 10.2. The normalized spacial score (nSPS) is 10.5. The van der Waals surface area contributed by atoms with Gasteiger partial charge in [-0.15, -0.1) is 5.10 Å². The first kappa shape index (κ1) is 14.1. The summed E-state index contributed by atoms with van der Waals surface area (Å²) in [6.07, 6.45) is 4.81. The van der Waals surface area contributed by atoms with Crippen LogP contribution < -0.4 is 5.73 Å². The number of nitrogens with two attached hydrogens (primary N) is 1. The smallest absolute Gasteiger partial charge is 0.360 e. The maximum atomic E-state index is 11.6. The highest BCUT2D eigenvalue weighted by Gasteiger charge is 2.19. The van der Waals surface area contributed by atoms with E-state index in [0.717, 1.165) is 12.0 Å². The fourth-order valence-electron chi connectivity index (χ4n) is 1.94. The Morgan fingerprint density at radius 1 is 1.35 bits per heavy atom. The van der Waals surface area contributed by atoms with Gasteiger partial charge in [-0.05, 0) is 30.7 Å². The predicted molar refractivity (Wildman–Crippen MR) is 72.1 cm³/mol. The molecule has 2 N–H and O–H groups in total. The molecular weight excluding hydrogens is 258 g/mol. The van der Waals surface area contributed by atoms with Crippen LogP contribution in [0.15, 0.2) is 24.5 Å². The van der Waals surface area contributed by atoms with Gasteiger partial charge in [-0.3, -0.25) is 4.98 Å². The van der Waals surface area contributed by atoms with Gasteiger partial charge in [0, 0.05) is 25.4 Å². The molecule has 20 heavy (non-hydrogen) atoms. The van der Waals surface area contributed by atoms with E-state index in [9.17, 15) is 4.79 Å². The third-order valence-corrected chi connectivity index (χ3v) is 2.96. The molecule has 0 aromatic carbocycles. The monoisotopic (exact) mass is 275 g/mol. The van der Waals surface area contributed by atoms with E-state index in [-0.39, 0.29) is 5.69 Å². The van der Waals surface area contributed by atoms with Crippen molar-refractivity contribution in [1.82, 2.24) is 20.0 Å². The molecule has 0 bridgehead atoms. The fraction of sp³-hybridized carbons (Fsp3) is 0.385. The quantitative estimate of drug-likeness (QED) is 0.757. The van der Waals surface area contributed by atoms with E-state index in [2.05, 4.69) is 15.3 Å². The van der Waals surface area contributed by atoms with Gasteiger partial charge in [-0.2, -0.15) is 0 Å². The highest BCUT2D eigenvalue weighted by molar-refractivity contribution is 5.88. The molecule has 7 nitrogen and oxygen atoms in total. The molecule has 7 heteroatoms. The number of esters is 1. The molecule has 2 aromatic rings. The second-order valence-corrected chi connectivity index (χ2v) is 4.24. The largest absolute Gasteiger partial charge is 0.464 e. The van der Waals surface area contributed by atoms with Crippen molar-refractivity contribution >= 4 is 5.97 Å². The summed E-state index contributed by atoms with van der Waals surface area (Å²) in [5.74, 6) is -0.483. The van der Waals surface area contributed by atoms with Crippen LogP contribution in [-0.4, -0.2) is 39.6 Å². The van der Waals surface area contributed by atoms with E-state index in [1.807, 2.05) is 12.1 Å². The lowest BCUT2D eigenvalue weighted by Gasteiger charge is -2.06. The van der Waals surface area contributed by atoms with Gasteiger partial charge < -0.3 is 10.5 Å². The minimum Gasteiger partial charge on any atom is -0.464 e. The average molecular weight is 275 g/mol. The van der Waals surface area contributed by atoms with E-state index >= 15 is 0 Å². The third kappa shape index (κ3) is 3.18.